The highest BCUT2D eigenvalue weighted by atomic mass is 35.5. The number of amides is 2. The van der Waals surface area contributed by atoms with Gasteiger partial charge in [-0.25, -0.2) is 0 Å². The molecule has 2 aromatic rings. The fourth-order valence-corrected chi connectivity index (χ4v) is 2.88. The topological polar surface area (TPSA) is 67.4 Å². The van der Waals surface area contributed by atoms with Crippen molar-refractivity contribution in [1.29, 1.82) is 0 Å². The number of hydrogen-bond donors (Lipinski definition) is 2. The van der Waals surface area contributed by atoms with Gasteiger partial charge in [-0.05, 0) is 42.3 Å². The molecule has 24 heavy (non-hydrogen) atoms. The second-order valence-corrected chi connectivity index (χ2v) is 6.23. The average Bonchev–Trinajstić information content (AvgIpc) is 2.59. The Labute approximate surface area is 148 Å². The standard InChI is InChI=1S/C17H14Cl2N2O3/c18-12-5-6-15-10(8-12)7-11(9-24-15)16(22)20-21-17(23)13-3-1-2-4-14(13)19/h1-6,8,11H,7,9H2,(H,20,22)(H,21,23)/t11-/m0/s1. The second-order valence-electron chi connectivity index (χ2n) is 5.39. The molecule has 2 N–H and O–H groups in total. The van der Waals surface area contributed by atoms with Crippen molar-refractivity contribution in [2.75, 3.05) is 6.61 Å². The summed E-state index contributed by atoms with van der Waals surface area (Å²) in [7, 11) is 0. The maximum atomic E-state index is 12.2. The Balaban J connectivity index is 1.60. The molecule has 0 aromatic heterocycles. The van der Waals surface area contributed by atoms with Gasteiger partial charge in [0, 0.05) is 5.02 Å². The van der Waals surface area contributed by atoms with E-state index in [4.69, 9.17) is 27.9 Å². The minimum atomic E-state index is -0.478. The Kier molecular flexibility index (Phi) is 4.92. The van der Waals surface area contributed by atoms with Crippen LogP contribution in [0.15, 0.2) is 42.5 Å². The van der Waals surface area contributed by atoms with Crippen LogP contribution in [0.5, 0.6) is 5.75 Å². The van der Waals surface area contributed by atoms with Gasteiger partial charge in [-0.3, -0.25) is 20.4 Å². The molecule has 1 aliphatic rings. The monoisotopic (exact) mass is 364 g/mol. The lowest BCUT2D eigenvalue weighted by Crippen LogP contribution is -2.47. The third-order valence-electron chi connectivity index (χ3n) is 3.72. The molecule has 0 saturated carbocycles. The van der Waals surface area contributed by atoms with Gasteiger partial charge in [-0.2, -0.15) is 0 Å². The van der Waals surface area contributed by atoms with Gasteiger partial charge in [-0.1, -0.05) is 35.3 Å². The van der Waals surface area contributed by atoms with Crippen LogP contribution in [0, 0.1) is 5.92 Å². The minimum absolute atomic E-state index is 0.239. The van der Waals surface area contributed by atoms with E-state index in [2.05, 4.69) is 10.9 Å². The molecule has 7 heteroatoms. The van der Waals surface area contributed by atoms with E-state index in [-0.39, 0.29) is 18.1 Å². The van der Waals surface area contributed by atoms with Crippen molar-refractivity contribution in [3.05, 3.63) is 63.6 Å². The fraction of sp³-hybridized carbons (Fsp3) is 0.176. The highest BCUT2D eigenvalue weighted by Crippen LogP contribution is 2.29. The van der Waals surface area contributed by atoms with Crippen LogP contribution < -0.4 is 15.6 Å². The quantitative estimate of drug-likeness (QED) is 0.804. The molecule has 3 rings (SSSR count). The van der Waals surface area contributed by atoms with Crippen LogP contribution in [-0.2, 0) is 11.2 Å². The number of rotatable bonds is 2. The summed E-state index contributed by atoms with van der Waals surface area (Å²) < 4.78 is 5.57. The smallest absolute Gasteiger partial charge is 0.271 e. The normalized spacial score (nSPS) is 15.8. The zero-order valence-corrected chi connectivity index (χ0v) is 14.0. The number of carbonyl (C=O) groups is 2. The Morgan fingerprint density at radius 2 is 1.88 bits per heavy atom. The molecule has 5 nitrogen and oxygen atoms in total. The Morgan fingerprint density at radius 3 is 2.67 bits per heavy atom. The van der Waals surface area contributed by atoms with Crippen LogP contribution in [0.1, 0.15) is 15.9 Å². The molecule has 1 aliphatic heterocycles. The average molecular weight is 365 g/mol. The first-order valence-corrected chi connectivity index (χ1v) is 8.06. The SMILES string of the molecule is O=C(NNC(=O)[C@@H]1COc2ccc(Cl)cc2C1)c1ccccc1Cl. The lowest BCUT2D eigenvalue weighted by molar-refractivity contribution is -0.127. The van der Waals surface area contributed by atoms with Crippen molar-refractivity contribution in [1.82, 2.24) is 10.9 Å². The predicted molar refractivity (Wildman–Crippen MR) is 91.2 cm³/mol. The molecule has 0 fully saturated rings. The van der Waals surface area contributed by atoms with Gasteiger partial charge < -0.3 is 4.74 Å². The molecule has 0 bridgehead atoms. The van der Waals surface area contributed by atoms with Gasteiger partial charge in [0.15, 0.2) is 0 Å². The summed E-state index contributed by atoms with van der Waals surface area (Å²) in [5, 5.41) is 0.902. The van der Waals surface area contributed by atoms with Crippen LogP contribution in [0.3, 0.4) is 0 Å². The zero-order chi connectivity index (χ0) is 17.1. The molecule has 0 radical (unpaired) electrons. The summed E-state index contributed by atoms with van der Waals surface area (Å²) in [6, 6.07) is 11.9. The van der Waals surface area contributed by atoms with Gasteiger partial charge in [0.05, 0.1) is 16.5 Å². The number of nitrogens with one attached hydrogen (secondary N) is 2. The van der Waals surface area contributed by atoms with E-state index in [9.17, 15) is 9.59 Å². The van der Waals surface area contributed by atoms with Gasteiger partial charge in [-0.15, -0.1) is 0 Å². The van der Waals surface area contributed by atoms with Crippen molar-refractivity contribution in [3.8, 4) is 5.75 Å². The highest BCUT2D eigenvalue weighted by Gasteiger charge is 2.26. The summed E-state index contributed by atoms with van der Waals surface area (Å²) in [6.07, 6.45) is 0.490. The van der Waals surface area contributed by atoms with Gasteiger partial charge in [0.1, 0.15) is 12.4 Å². The van der Waals surface area contributed by atoms with Crippen LogP contribution in [-0.4, -0.2) is 18.4 Å². The van der Waals surface area contributed by atoms with Crippen molar-refractivity contribution in [3.63, 3.8) is 0 Å². The number of ether oxygens (including phenoxy) is 1. The molecule has 0 saturated heterocycles. The lowest BCUT2D eigenvalue weighted by Gasteiger charge is -2.24. The minimum Gasteiger partial charge on any atom is -0.492 e. The third-order valence-corrected chi connectivity index (χ3v) is 4.28. The summed E-state index contributed by atoms with van der Waals surface area (Å²) in [5.74, 6) is -0.499. The molecule has 2 amide bonds. The lowest BCUT2D eigenvalue weighted by atomic mass is 9.96. The van der Waals surface area contributed by atoms with E-state index in [0.717, 1.165) is 11.3 Å². The molecule has 0 unspecified atom stereocenters. The Bertz CT molecular complexity index is 795. The molecule has 1 atom stereocenters. The summed E-state index contributed by atoms with van der Waals surface area (Å²) in [4.78, 5) is 24.3. The summed E-state index contributed by atoms with van der Waals surface area (Å²) in [6.45, 7) is 0.239. The van der Waals surface area contributed by atoms with E-state index in [1.807, 2.05) is 0 Å². The first-order chi connectivity index (χ1) is 11.5. The number of hydrogen-bond acceptors (Lipinski definition) is 3. The number of benzene rings is 2. The molecule has 2 aromatic carbocycles. The van der Waals surface area contributed by atoms with E-state index in [1.54, 1.807) is 42.5 Å². The summed E-state index contributed by atoms with van der Waals surface area (Å²) in [5.41, 5.74) is 5.94. The third kappa shape index (κ3) is 3.63. The molecule has 0 aliphatic carbocycles. The first-order valence-electron chi connectivity index (χ1n) is 7.30. The number of carbonyl (C=O) groups excluding carboxylic acids is 2. The Hall–Kier alpha value is -2.24. The van der Waals surface area contributed by atoms with Crippen LogP contribution >= 0.6 is 23.2 Å². The molecule has 124 valence electrons. The van der Waals surface area contributed by atoms with E-state index in [0.29, 0.717) is 16.5 Å². The van der Waals surface area contributed by atoms with Crippen LogP contribution in [0.25, 0.3) is 0 Å². The van der Waals surface area contributed by atoms with Crippen molar-refractivity contribution in [2.45, 2.75) is 6.42 Å². The number of hydrazine groups is 1. The first kappa shape index (κ1) is 16.6. The van der Waals surface area contributed by atoms with E-state index in [1.165, 1.54) is 0 Å². The second kappa shape index (κ2) is 7.11. The van der Waals surface area contributed by atoms with Crippen molar-refractivity contribution < 1.29 is 14.3 Å². The predicted octanol–water partition coefficient (Wildman–Crippen LogP) is 3.01. The van der Waals surface area contributed by atoms with E-state index < -0.39 is 11.8 Å². The Morgan fingerprint density at radius 1 is 1.08 bits per heavy atom. The fourth-order valence-electron chi connectivity index (χ4n) is 2.46. The zero-order valence-electron chi connectivity index (χ0n) is 12.5. The van der Waals surface area contributed by atoms with Crippen LogP contribution in [0.2, 0.25) is 10.0 Å². The number of halogens is 2. The highest BCUT2D eigenvalue weighted by molar-refractivity contribution is 6.33. The summed E-state index contributed by atoms with van der Waals surface area (Å²) >= 11 is 11.9. The van der Waals surface area contributed by atoms with Gasteiger partial charge in [0.25, 0.3) is 5.91 Å². The molecule has 0 spiro atoms. The molecular weight excluding hydrogens is 351 g/mol. The van der Waals surface area contributed by atoms with Crippen molar-refractivity contribution in [2.24, 2.45) is 5.92 Å². The molecular formula is C17H14Cl2N2O3. The maximum Gasteiger partial charge on any atom is 0.271 e. The van der Waals surface area contributed by atoms with Gasteiger partial charge in [0.2, 0.25) is 5.91 Å². The maximum absolute atomic E-state index is 12.2. The number of fused-ring (bicyclic) bond motifs is 1. The largest absolute Gasteiger partial charge is 0.492 e. The van der Waals surface area contributed by atoms with Crippen molar-refractivity contribution >= 4 is 35.0 Å². The molecule has 1 heterocycles. The van der Waals surface area contributed by atoms with Crippen LogP contribution in [0.4, 0.5) is 0 Å². The van der Waals surface area contributed by atoms with E-state index >= 15 is 0 Å². The van der Waals surface area contributed by atoms with Gasteiger partial charge >= 0.3 is 0 Å².